The van der Waals surface area contributed by atoms with Gasteiger partial charge in [0, 0.05) is 25.6 Å². The highest BCUT2D eigenvalue weighted by Gasteiger charge is 2.36. The Kier molecular flexibility index (Phi) is 9.06. The molecular weight excluding hydrogens is 326 g/mol. The van der Waals surface area contributed by atoms with Gasteiger partial charge in [0.2, 0.25) is 11.8 Å². The molecule has 1 atom stereocenters. The van der Waals surface area contributed by atoms with Crippen LogP contribution in [0.15, 0.2) is 0 Å². The van der Waals surface area contributed by atoms with Crippen molar-refractivity contribution < 1.29 is 9.59 Å². The van der Waals surface area contributed by atoms with E-state index in [4.69, 9.17) is 0 Å². The van der Waals surface area contributed by atoms with Crippen LogP contribution in [0, 0.1) is 11.8 Å². The van der Waals surface area contributed by atoms with Crippen molar-refractivity contribution >= 4 is 24.2 Å². The van der Waals surface area contributed by atoms with Gasteiger partial charge in [0.1, 0.15) is 6.04 Å². The maximum atomic E-state index is 12.9. The number of hydrogen-bond donors (Lipinski definition) is 1. The number of nitrogens with zero attached hydrogens (tertiary/aromatic N) is 2. The van der Waals surface area contributed by atoms with Crippen molar-refractivity contribution in [2.24, 2.45) is 11.8 Å². The zero-order chi connectivity index (χ0) is 16.8. The first kappa shape index (κ1) is 21.2. The number of carbonyl (C=O) groups is 2. The molecule has 0 radical (unpaired) electrons. The average molecular weight is 360 g/mol. The number of rotatable bonds is 5. The van der Waals surface area contributed by atoms with E-state index >= 15 is 0 Å². The van der Waals surface area contributed by atoms with E-state index in [9.17, 15) is 9.59 Å². The Morgan fingerprint density at radius 2 is 1.75 bits per heavy atom. The van der Waals surface area contributed by atoms with Crippen molar-refractivity contribution in [3.63, 3.8) is 0 Å². The minimum Gasteiger partial charge on any atom is -0.341 e. The summed E-state index contributed by atoms with van der Waals surface area (Å²) in [6.07, 6.45) is 6.29. The van der Waals surface area contributed by atoms with Gasteiger partial charge in [-0.25, -0.2) is 0 Å². The molecule has 2 fully saturated rings. The number of piperidine rings is 2. The molecule has 2 saturated heterocycles. The van der Waals surface area contributed by atoms with Gasteiger partial charge in [-0.2, -0.15) is 0 Å². The van der Waals surface area contributed by atoms with E-state index in [1.807, 2.05) is 30.7 Å². The van der Waals surface area contributed by atoms with Gasteiger partial charge in [-0.3, -0.25) is 9.59 Å². The molecule has 1 unspecified atom stereocenters. The van der Waals surface area contributed by atoms with Crippen LogP contribution in [0.5, 0.6) is 0 Å². The normalized spacial score (nSPS) is 22.4. The molecule has 140 valence electrons. The lowest BCUT2D eigenvalue weighted by atomic mass is 9.92. The molecule has 2 rings (SSSR count). The largest absolute Gasteiger partial charge is 0.341 e. The van der Waals surface area contributed by atoms with E-state index in [2.05, 4.69) is 5.32 Å². The van der Waals surface area contributed by atoms with Crippen molar-refractivity contribution in [2.45, 2.75) is 58.4 Å². The predicted molar refractivity (Wildman–Crippen MR) is 99.3 cm³/mol. The molecule has 0 aromatic rings. The van der Waals surface area contributed by atoms with E-state index in [1.54, 1.807) is 0 Å². The Bertz CT molecular complexity index is 409. The van der Waals surface area contributed by atoms with E-state index in [0.717, 1.165) is 64.2 Å². The number of likely N-dealkylation sites (tertiary alicyclic amines) is 2. The Morgan fingerprint density at radius 1 is 1.08 bits per heavy atom. The van der Waals surface area contributed by atoms with Crippen molar-refractivity contribution in [3.05, 3.63) is 0 Å². The van der Waals surface area contributed by atoms with Gasteiger partial charge in [0.15, 0.2) is 0 Å². The molecule has 2 aliphatic heterocycles. The number of halogens is 1. The zero-order valence-electron chi connectivity index (χ0n) is 15.4. The lowest BCUT2D eigenvalue weighted by molar-refractivity contribution is -0.150. The summed E-state index contributed by atoms with van der Waals surface area (Å²) >= 11 is 0. The summed E-state index contributed by atoms with van der Waals surface area (Å²) in [7, 11) is 1.99. The molecule has 2 heterocycles. The van der Waals surface area contributed by atoms with Crippen LogP contribution in [0.1, 0.15) is 52.4 Å². The molecule has 2 amide bonds. The molecule has 0 aromatic carbocycles. The highest BCUT2D eigenvalue weighted by Crippen LogP contribution is 2.25. The summed E-state index contributed by atoms with van der Waals surface area (Å²) in [6, 6.07) is -0.215. The predicted octanol–water partition coefficient (Wildman–Crippen LogP) is 2.29. The van der Waals surface area contributed by atoms with E-state index < -0.39 is 0 Å². The quantitative estimate of drug-likeness (QED) is 0.819. The minimum absolute atomic E-state index is 0. The third-order valence-electron chi connectivity index (χ3n) is 5.29. The molecule has 0 bridgehead atoms. The second-order valence-electron chi connectivity index (χ2n) is 7.36. The average Bonchev–Trinajstić information content (AvgIpc) is 2.59. The van der Waals surface area contributed by atoms with Gasteiger partial charge < -0.3 is 15.1 Å². The van der Waals surface area contributed by atoms with Gasteiger partial charge >= 0.3 is 0 Å². The summed E-state index contributed by atoms with van der Waals surface area (Å²) < 4.78 is 0. The van der Waals surface area contributed by atoms with Crippen molar-refractivity contribution in [1.29, 1.82) is 0 Å². The molecular formula is C18H34ClN3O2. The zero-order valence-corrected chi connectivity index (χ0v) is 16.2. The van der Waals surface area contributed by atoms with Gasteiger partial charge in [-0.1, -0.05) is 13.8 Å². The lowest BCUT2D eigenvalue weighted by Gasteiger charge is -2.40. The van der Waals surface area contributed by atoms with Crippen molar-refractivity contribution in [3.8, 4) is 0 Å². The second kappa shape index (κ2) is 10.2. The standard InChI is InChI=1S/C18H33N3O2.ClH/c1-14(2)17(22)21-11-5-4-6-16(21)18(23)20-12-8-15(9-13-20)7-10-19-3;/h14-16,19H,4-13H2,1-3H3;1H. The molecule has 0 spiro atoms. The third kappa shape index (κ3) is 5.35. The number of hydrogen-bond acceptors (Lipinski definition) is 3. The molecule has 0 aliphatic carbocycles. The third-order valence-corrected chi connectivity index (χ3v) is 5.29. The second-order valence-corrected chi connectivity index (χ2v) is 7.36. The van der Waals surface area contributed by atoms with Crippen molar-refractivity contribution in [1.82, 2.24) is 15.1 Å². The van der Waals surface area contributed by atoms with Crippen LogP contribution >= 0.6 is 12.4 Å². The van der Waals surface area contributed by atoms with Gasteiger partial charge in [0.25, 0.3) is 0 Å². The lowest BCUT2D eigenvalue weighted by Crippen LogP contribution is -2.55. The first-order chi connectivity index (χ1) is 11.0. The van der Waals surface area contributed by atoms with Crippen molar-refractivity contribution in [2.75, 3.05) is 33.2 Å². The van der Waals surface area contributed by atoms with E-state index in [-0.39, 0.29) is 36.2 Å². The molecule has 0 aromatic heterocycles. The van der Waals surface area contributed by atoms with Gasteiger partial charge in [-0.05, 0) is 58.0 Å². The summed E-state index contributed by atoms with van der Waals surface area (Å²) in [5.41, 5.74) is 0. The summed E-state index contributed by atoms with van der Waals surface area (Å²) in [5.74, 6) is 1.01. The van der Waals surface area contributed by atoms with Crippen LogP contribution in [0.4, 0.5) is 0 Å². The van der Waals surface area contributed by atoms with Crippen LogP contribution in [0.25, 0.3) is 0 Å². The van der Waals surface area contributed by atoms with Crippen LogP contribution < -0.4 is 5.32 Å². The monoisotopic (exact) mass is 359 g/mol. The van der Waals surface area contributed by atoms with Gasteiger partial charge in [-0.15, -0.1) is 12.4 Å². The van der Waals surface area contributed by atoms with E-state index in [0.29, 0.717) is 0 Å². The van der Waals surface area contributed by atoms with E-state index in [1.165, 1.54) is 6.42 Å². The summed E-state index contributed by atoms with van der Waals surface area (Å²) in [6.45, 7) is 7.35. The number of carbonyl (C=O) groups excluding carboxylic acids is 2. The Balaban J connectivity index is 0.00000288. The first-order valence-electron chi connectivity index (χ1n) is 9.28. The fraction of sp³-hybridized carbons (Fsp3) is 0.889. The fourth-order valence-electron chi connectivity index (χ4n) is 3.78. The molecule has 1 N–H and O–H groups in total. The molecule has 2 aliphatic rings. The SMILES string of the molecule is CNCCC1CCN(C(=O)C2CCCCN2C(=O)C(C)C)CC1.Cl. The number of nitrogens with one attached hydrogen (secondary N) is 1. The molecule has 0 saturated carbocycles. The maximum absolute atomic E-state index is 12.9. The molecule has 24 heavy (non-hydrogen) atoms. The first-order valence-corrected chi connectivity index (χ1v) is 9.28. The summed E-state index contributed by atoms with van der Waals surface area (Å²) in [5, 5.41) is 3.20. The maximum Gasteiger partial charge on any atom is 0.245 e. The molecule has 5 nitrogen and oxygen atoms in total. The van der Waals surface area contributed by atoms with Gasteiger partial charge in [0.05, 0.1) is 0 Å². The Hall–Kier alpha value is -0.810. The Labute approximate surface area is 152 Å². The highest BCUT2D eigenvalue weighted by molar-refractivity contribution is 5.88. The number of amides is 2. The van der Waals surface area contributed by atoms with Crippen LogP contribution in [0.2, 0.25) is 0 Å². The Morgan fingerprint density at radius 3 is 2.33 bits per heavy atom. The topological polar surface area (TPSA) is 52.7 Å². The smallest absolute Gasteiger partial charge is 0.245 e. The highest BCUT2D eigenvalue weighted by atomic mass is 35.5. The van der Waals surface area contributed by atoms with Crippen LogP contribution in [0.3, 0.4) is 0 Å². The minimum atomic E-state index is -0.215. The molecule has 6 heteroatoms. The van der Waals surface area contributed by atoms with Crippen LogP contribution in [-0.4, -0.2) is 60.9 Å². The van der Waals surface area contributed by atoms with Crippen LogP contribution in [-0.2, 0) is 9.59 Å². The fourth-order valence-corrected chi connectivity index (χ4v) is 3.78. The summed E-state index contributed by atoms with van der Waals surface area (Å²) in [4.78, 5) is 29.2.